The summed E-state index contributed by atoms with van der Waals surface area (Å²) in [5, 5.41) is 5.03. The first kappa shape index (κ1) is 21.2. The number of fused-ring (bicyclic) bond motifs is 1. The summed E-state index contributed by atoms with van der Waals surface area (Å²) in [6.45, 7) is 7.32. The van der Waals surface area contributed by atoms with E-state index in [1.807, 2.05) is 0 Å². The summed E-state index contributed by atoms with van der Waals surface area (Å²) in [6.07, 6.45) is 2.30. The van der Waals surface area contributed by atoms with Gasteiger partial charge < -0.3 is 9.47 Å². The molecule has 0 radical (unpaired) electrons. The van der Waals surface area contributed by atoms with Crippen LogP contribution in [0.3, 0.4) is 0 Å². The molecule has 30 heavy (non-hydrogen) atoms. The molecule has 3 aromatic rings. The summed E-state index contributed by atoms with van der Waals surface area (Å²) in [7, 11) is 0. The van der Waals surface area contributed by atoms with Crippen molar-refractivity contribution >= 4 is 29.0 Å². The Kier molecular flexibility index (Phi) is 6.01. The van der Waals surface area contributed by atoms with Crippen molar-refractivity contribution in [3.8, 4) is 11.3 Å². The van der Waals surface area contributed by atoms with Crippen LogP contribution in [-0.2, 0) is 14.3 Å². The lowest BCUT2D eigenvalue weighted by Crippen LogP contribution is -2.27. The molecule has 0 aliphatic rings. The van der Waals surface area contributed by atoms with E-state index in [-0.39, 0.29) is 6.61 Å². The number of carbonyl (C=O) groups excluding carboxylic acids is 2. The fraction of sp³-hybridized carbons (Fsp3) is 0.261. The van der Waals surface area contributed by atoms with Gasteiger partial charge in [0, 0.05) is 17.0 Å². The van der Waals surface area contributed by atoms with Crippen molar-refractivity contribution in [2.75, 3.05) is 6.61 Å². The summed E-state index contributed by atoms with van der Waals surface area (Å²) in [4.78, 5) is 24.3. The molecule has 0 aliphatic carbocycles. The highest BCUT2D eigenvalue weighted by Crippen LogP contribution is 2.30. The van der Waals surface area contributed by atoms with E-state index in [0.29, 0.717) is 27.7 Å². The zero-order chi connectivity index (χ0) is 21.9. The van der Waals surface area contributed by atoms with Crippen molar-refractivity contribution in [2.45, 2.75) is 33.3 Å². The number of carbonyl (C=O) groups is 2. The van der Waals surface area contributed by atoms with Gasteiger partial charge in [-0.15, -0.1) is 0 Å². The molecule has 1 aromatic heterocycles. The Morgan fingerprint density at radius 2 is 1.93 bits per heavy atom. The van der Waals surface area contributed by atoms with Crippen molar-refractivity contribution in [1.29, 1.82) is 0 Å². The highest BCUT2D eigenvalue weighted by Gasteiger charge is 2.23. The molecule has 0 spiro atoms. The van der Waals surface area contributed by atoms with Crippen LogP contribution < -0.4 is 0 Å². The molecular formula is C23H23FN2O4. The summed E-state index contributed by atoms with van der Waals surface area (Å²) in [6, 6.07) is 11.2. The molecule has 0 saturated heterocycles. The largest absolute Gasteiger partial charge is 0.463 e. The number of ether oxygens (including phenoxy) is 2. The van der Waals surface area contributed by atoms with Crippen LogP contribution in [0.1, 0.15) is 33.3 Å². The number of hydrogen-bond donors (Lipinski definition) is 0. The molecule has 6 nitrogen and oxygen atoms in total. The minimum atomic E-state index is -0.698. The normalized spacial score (nSPS) is 11.8. The van der Waals surface area contributed by atoms with Gasteiger partial charge in [-0.3, -0.25) is 0 Å². The van der Waals surface area contributed by atoms with Crippen LogP contribution in [0.15, 0.2) is 48.5 Å². The maximum atomic E-state index is 13.8. The first-order chi connectivity index (χ1) is 14.2. The van der Waals surface area contributed by atoms with Gasteiger partial charge in [-0.1, -0.05) is 18.2 Å². The van der Waals surface area contributed by atoms with Gasteiger partial charge in [0.05, 0.1) is 12.1 Å². The molecule has 0 fully saturated rings. The first-order valence-electron chi connectivity index (χ1n) is 9.55. The van der Waals surface area contributed by atoms with E-state index in [4.69, 9.17) is 9.47 Å². The van der Waals surface area contributed by atoms with Gasteiger partial charge in [0.15, 0.2) is 0 Å². The topological polar surface area (TPSA) is 70.4 Å². The van der Waals surface area contributed by atoms with Crippen molar-refractivity contribution in [1.82, 2.24) is 9.78 Å². The maximum Gasteiger partial charge on any atom is 0.435 e. The third kappa shape index (κ3) is 4.92. The number of halogens is 1. The lowest BCUT2D eigenvalue weighted by molar-refractivity contribution is -0.137. The number of benzene rings is 2. The average molecular weight is 410 g/mol. The van der Waals surface area contributed by atoms with E-state index in [1.54, 1.807) is 64.1 Å². The summed E-state index contributed by atoms with van der Waals surface area (Å²) < 4.78 is 25.3. The van der Waals surface area contributed by atoms with Crippen molar-refractivity contribution in [2.24, 2.45) is 0 Å². The zero-order valence-corrected chi connectivity index (χ0v) is 17.3. The minimum absolute atomic E-state index is 0.286. The molecule has 0 saturated carbocycles. The van der Waals surface area contributed by atoms with Crippen LogP contribution in [0.25, 0.3) is 28.2 Å². The lowest BCUT2D eigenvalue weighted by atomic mass is 10.1. The molecule has 7 heteroatoms. The number of rotatable bonds is 4. The quantitative estimate of drug-likeness (QED) is 0.437. The van der Waals surface area contributed by atoms with E-state index < -0.39 is 23.5 Å². The van der Waals surface area contributed by atoms with Crippen molar-refractivity contribution in [3.63, 3.8) is 0 Å². The van der Waals surface area contributed by atoms with E-state index in [9.17, 15) is 14.0 Å². The van der Waals surface area contributed by atoms with Gasteiger partial charge in [-0.25, -0.2) is 14.0 Å². The molecule has 0 aliphatic heterocycles. The predicted molar refractivity (Wildman–Crippen MR) is 112 cm³/mol. The Balaban J connectivity index is 2.13. The third-order valence-corrected chi connectivity index (χ3v) is 4.07. The highest BCUT2D eigenvalue weighted by molar-refractivity contribution is 5.99. The minimum Gasteiger partial charge on any atom is -0.463 e. The number of nitrogens with zero attached hydrogens (tertiary/aromatic N) is 2. The molecular weight excluding hydrogens is 387 g/mol. The first-order valence-corrected chi connectivity index (χ1v) is 9.55. The van der Waals surface area contributed by atoms with Crippen LogP contribution in [0.5, 0.6) is 0 Å². The van der Waals surface area contributed by atoms with Crippen molar-refractivity contribution in [3.05, 3.63) is 59.9 Å². The maximum absolute atomic E-state index is 13.8. The summed E-state index contributed by atoms with van der Waals surface area (Å²) >= 11 is 0. The smallest absolute Gasteiger partial charge is 0.435 e. The van der Waals surface area contributed by atoms with E-state index >= 15 is 0 Å². The van der Waals surface area contributed by atoms with E-state index in [1.165, 1.54) is 22.9 Å². The lowest BCUT2D eigenvalue weighted by Gasteiger charge is -2.19. The summed E-state index contributed by atoms with van der Waals surface area (Å²) in [5.41, 5.74) is 1.47. The van der Waals surface area contributed by atoms with E-state index in [2.05, 4.69) is 5.10 Å². The Morgan fingerprint density at radius 1 is 1.17 bits per heavy atom. The molecule has 156 valence electrons. The van der Waals surface area contributed by atoms with Gasteiger partial charge in [0.25, 0.3) is 0 Å². The predicted octanol–water partition coefficient (Wildman–Crippen LogP) is 5.20. The molecule has 2 aromatic carbocycles. The number of aromatic nitrogens is 2. The Morgan fingerprint density at radius 3 is 2.60 bits per heavy atom. The molecule has 0 unspecified atom stereocenters. The van der Waals surface area contributed by atoms with Gasteiger partial charge in [-0.2, -0.15) is 9.78 Å². The molecule has 0 N–H and O–H groups in total. The monoisotopic (exact) mass is 410 g/mol. The Hall–Kier alpha value is -3.48. The second kappa shape index (κ2) is 8.49. The van der Waals surface area contributed by atoms with Crippen LogP contribution in [0.2, 0.25) is 0 Å². The molecule has 0 atom stereocenters. The number of esters is 1. The fourth-order valence-corrected chi connectivity index (χ4v) is 2.89. The SMILES string of the molecule is CCOC(=O)C=Cc1ccc2c(c1)c(-c1cccc(F)c1)nn2C(=O)OC(C)(C)C. The van der Waals surface area contributed by atoms with Crippen LogP contribution in [0, 0.1) is 5.82 Å². The fourth-order valence-electron chi connectivity index (χ4n) is 2.89. The molecule has 3 rings (SSSR count). The standard InChI is InChI=1S/C23H23FN2O4/c1-5-29-20(27)12-10-15-9-11-19-18(13-15)21(16-7-6-8-17(24)14-16)25-26(19)22(28)30-23(2,3)4/h6-14H,5H2,1-4H3. The Bertz CT molecular complexity index is 1130. The third-order valence-electron chi connectivity index (χ3n) is 4.07. The number of hydrogen-bond acceptors (Lipinski definition) is 5. The second-order valence-electron chi connectivity index (χ2n) is 7.61. The highest BCUT2D eigenvalue weighted by atomic mass is 19.1. The molecule has 1 heterocycles. The van der Waals surface area contributed by atoms with Crippen LogP contribution in [0.4, 0.5) is 9.18 Å². The molecule has 0 bridgehead atoms. The zero-order valence-electron chi connectivity index (χ0n) is 17.3. The van der Waals surface area contributed by atoms with Crippen LogP contribution >= 0.6 is 0 Å². The van der Waals surface area contributed by atoms with Gasteiger partial charge in [0.2, 0.25) is 0 Å². The molecule has 0 amide bonds. The summed E-state index contributed by atoms with van der Waals surface area (Å²) in [5.74, 6) is -0.863. The van der Waals surface area contributed by atoms with E-state index in [0.717, 1.165) is 0 Å². The van der Waals surface area contributed by atoms with Gasteiger partial charge in [0.1, 0.15) is 17.1 Å². The average Bonchev–Trinajstić information content (AvgIpc) is 3.04. The van der Waals surface area contributed by atoms with Gasteiger partial charge >= 0.3 is 12.1 Å². The second-order valence-corrected chi connectivity index (χ2v) is 7.61. The van der Waals surface area contributed by atoms with Gasteiger partial charge in [-0.05, 0) is 63.6 Å². The Labute approximate surface area is 173 Å². The van der Waals surface area contributed by atoms with Crippen molar-refractivity contribution < 1.29 is 23.5 Å². The van der Waals surface area contributed by atoms with Crippen LogP contribution in [-0.4, -0.2) is 34.1 Å².